The molecule has 2 aliphatic rings. The van der Waals surface area contributed by atoms with E-state index >= 15 is 0 Å². The van der Waals surface area contributed by atoms with Gasteiger partial charge in [0.1, 0.15) is 0 Å². The highest BCUT2D eigenvalue weighted by Crippen LogP contribution is 2.28. The van der Waals surface area contributed by atoms with Crippen LogP contribution in [0.3, 0.4) is 0 Å². The summed E-state index contributed by atoms with van der Waals surface area (Å²) < 4.78 is 4.76. The van der Waals surface area contributed by atoms with Gasteiger partial charge in [0.25, 0.3) is 0 Å². The molecule has 3 amide bonds. The number of methoxy groups -OCH3 is 1. The second kappa shape index (κ2) is 7.17. The van der Waals surface area contributed by atoms with E-state index in [-0.39, 0.29) is 35.3 Å². The predicted molar refractivity (Wildman–Crippen MR) is 93.0 cm³/mol. The van der Waals surface area contributed by atoms with Gasteiger partial charge in [-0.15, -0.1) is 0 Å². The number of nitrogens with one attached hydrogen (secondary N) is 3. The monoisotopic (exact) mass is 340 g/mol. The largest absolute Gasteiger partial charge is 0.453 e. The first-order chi connectivity index (χ1) is 11.1. The normalized spacial score (nSPS) is 26.5. The number of amides is 3. The zero-order valence-corrected chi connectivity index (χ0v) is 15.6. The molecule has 3 N–H and O–H groups in total. The third-order valence-electron chi connectivity index (χ3n) is 4.71. The summed E-state index contributed by atoms with van der Waals surface area (Å²) in [6.45, 7) is 9.84. The minimum absolute atomic E-state index is 0.00772. The van der Waals surface area contributed by atoms with E-state index in [1.54, 1.807) is 4.90 Å². The van der Waals surface area contributed by atoms with Crippen LogP contribution in [0, 0.1) is 0 Å². The molecule has 2 heterocycles. The number of carbonyl (C=O) groups is 2. The molecule has 0 unspecified atom stereocenters. The first-order valence-electron chi connectivity index (χ1n) is 8.79. The van der Waals surface area contributed by atoms with E-state index in [1.165, 1.54) is 7.11 Å². The van der Waals surface area contributed by atoms with Gasteiger partial charge in [-0.3, -0.25) is 0 Å². The summed E-state index contributed by atoms with van der Waals surface area (Å²) in [5.74, 6) is 0. The van der Waals surface area contributed by atoms with Crippen LogP contribution in [0.25, 0.3) is 0 Å². The third-order valence-corrected chi connectivity index (χ3v) is 4.71. The Morgan fingerprint density at radius 1 is 1.08 bits per heavy atom. The minimum Gasteiger partial charge on any atom is -0.453 e. The van der Waals surface area contributed by atoms with Crippen LogP contribution in [0.2, 0.25) is 0 Å². The van der Waals surface area contributed by atoms with Gasteiger partial charge in [-0.05, 0) is 53.4 Å². The second-order valence-corrected chi connectivity index (χ2v) is 8.37. The van der Waals surface area contributed by atoms with Gasteiger partial charge in [-0.2, -0.15) is 0 Å². The molecular weight excluding hydrogens is 308 g/mol. The predicted octanol–water partition coefficient (Wildman–Crippen LogP) is 1.83. The van der Waals surface area contributed by atoms with Crippen LogP contribution in [-0.4, -0.2) is 60.4 Å². The molecule has 0 spiro atoms. The maximum absolute atomic E-state index is 12.4. The van der Waals surface area contributed by atoms with Gasteiger partial charge in [0.2, 0.25) is 0 Å². The lowest BCUT2D eigenvalue weighted by atomic mass is 9.80. The lowest BCUT2D eigenvalue weighted by Gasteiger charge is -2.46. The van der Waals surface area contributed by atoms with Gasteiger partial charge in [0, 0.05) is 36.3 Å². The lowest BCUT2D eigenvalue weighted by Crippen LogP contribution is -2.63. The number of likely N-dealkylation sites (tertiary alicyclic amines) is 1. The Morgan fingerprint density at radius 2 is 1.67 bits per heavy atom. The van der Waals surface area contributed by atoms with Crippen molar-refractivity contribution in [3.05, 3.63) is 0 Å². The number of carbonyl (C=O) groups excluding carboxylic acids is 2. The molecule has 138 valence electrons. The zero-order chi connectivity index (χ0) is 18.0. The number of rotatable bonds is 2. The van der Waals surface area contributed by atoms with Crippen molar-refractivity contribution in [3.63, 3.8) is 0 Å². The molecule has 7 nitrogen and oxygen atoms in total. The van der Waals surface area contributed by atoms with Crippen LogP contribution in [0.4, 0.5) is 9.59 Å². The standard InChI is InChI=1S/C17H32N4O3/c1-16(2)9-13(10-17(3,4)20-16)19-14(22)18-12-7-6-8-21(11-12)15(23)24-5/h12-13,20H,6-11H2,1-5H3,(H2,18,19,22)/t12-/m1/s1. The molecule has 2 saturated heterocycles. The van der Waals surface area contributed by atoms with E-state index in [9.17, 15) is 9.59 Å². The molecular formula is C17H32N4O3. The Kier molecular flexibility index (Phi) is 5.63. The summed E-state index contributed by atoms with van der Waals surface area (Å²) >= 11 is 0. The van der Waals surface area contributed by atoms with E-state index in [1.807, 2.05) is 0 Å². The third kappa shape index (κ3) is 5.26. The summed E-state index contributed by atoms with van der Waals surface area (Å²) in [4.78, 5) is 25.6. The smallest absolute Gasteiger partial charge is 0.409 e. The molecule has 0 aromatic carbocycles. The molecule has 0 aromatic rings. The number of piperidine rings is 2. The summed E-state index contributed by atoms with van der Waals surface area (Å²) in [6, 6.07) is -0.0395. The van der Waals surface area contributed by atoms with Gasteiger partial charge in [0.15, 0.2) is 0 Å². The molecule has 24 heavy (non-hydrogen) atoms. The highest BCUT2D eigenvalue weighted by molar-refractivity contribution is 5.75. The number of hydrogen-bond donors (Lipinski definition) is 3. The molecule has 0 aromatic heterocycles. The molecule has 2 rings (SSSR count). The summed E-state index contributed by atoms with van der Waals surface area (Å²) in [7, 11) is 1.38. The number of nitrogens with zero attached hydrogens (tertiary/aromatic N) is 1. The molecule has 7 heteroatoms. The van der Waals surface area contributed by atoms with Crippen LogP contribution < -0.4 is 16.0 Å². The fraction of sp³-hybridized carbons (Fsp3) is 0.882. The quantitative estimate of drug-likeness (QED) is 0.716. The van der Waals surface area contributed by atoms with Gasteiger partial charge in [-0.25, -0.2) is 9.59 Å². The molecule has 0 bridgehead atoms. The van der Waals surface area contributed by atoms with Crippen molar-refractivity contribution < 1.29 is 14.3 Å². The van der Waals surface area contributed by atoms with Crippen molar-refractivity contribution in [2.75, 3.05) is 20.2 Å². The first kappa shape index (κ1) is 18.8. The highest BCUT2D eigenvalue weighted by Gasteiger charge is 2.38. The fourth-order valence-corrected chi connectivity index (χ4v) is 4.23. The van der Waals surface area contributed by atoms with Crippen molar-refractivity contribution in [2.24, 2.45) is 0 Å². The minimum atomic E-state index is -0.330. The van der Waals surface area contributed by atoms with Crippen molar-refractivity contribution in [2.45, 2.75) is 76.5 Å². The molecule has 0 aliphatic carbocycles. The lowest BCUT2D eigenvalue weighted by molar-refractivity contribution is 0.107. The zero-order valence-electron chi connectivity index (χ0n) is 15.6. The SMILES string of the molecule is COC(=O)N1CCC[C@@H](NC(=O)NC2CC(C)(C)NC(C)(C)C2)C1. The van der Waals surface area contributed by atoms with Crippen molar-refractivity contribution in [3.8, 4) is 0 Å². The maximum atomic E-state index is 12.4. The average Bonchev–Trinajstić information content (AvgIpc) is 2.43. The highest BCUT2D eigenvalue weighted by atomic mass is 16.5. The van der Waals surface area contributed by atoms with Crippen LogP contribution in [-0.2, 0) is 4.74 Å². The van der Waals surface area contributed by atoms with E-state index in [4.69, 9.17) is 4.74 Å². The second-order valence-electron chi connectivity index (χ2n) is 8.37. The Balaban J connectivity index is 1.85. The Labute approximate surface area is 144 Å². The van der Waals surface area contributed by atoms with Crippen LogP contribution in [0.1, 0.15) is 53.4 Å². The average molecular weight is 340 g/mol. The number of ether oxygens (including phenoxy) is 1. The Bertz CT molecular complexity index is 462. The van der Waals surface area contributed by atoms with Crippen LogP contribution >= 0.6 is 0 Å². The van der Waals surface area contributed by atoms with Gasteiger partial charge in [-0.1, -0.05) is 0 Å². The molecule has 0 radical (unpaired) electrons. The number of hydrogen-bond acceptors (Lipinski definition) is 4. The van der Waals surface area contributed by atoms with E-state index < -0.39 is 0 Å². The van der Waals surface area contributed by atoms with Crippen LogP contribution in [0.15, 0.2) is 0 Å². The van der Waals surface area contributed by atoms with Gasteiger partial charge >= 0.3 is 12.1 Å². The molecule has 1 atom stereocenters. The van der Waals surface area contributed by atoms with E-state index in [0.717, 1.165) is 25.7 Å². The van der Waals surface area contributed by atoms with Gasteiger partial charge in [0.05, 0.1) is 7.11 Å². The van der Waals surface area contributed by atoms with Crippen molar-refractivity contribution in [1.29, 1.82) is 0 Å². The number of urea groups is 1. The van der Waals surface area contributed by atoms with Gasteiger partial charge < -0.3 is 25.6 Å². The fourth-order valence-electron chi connectivity index (χ4n) is 4.23. The Hall–Kier alpha value is -1.50. The summed E-state index contributed by atoms with van der Waals surface area (Å²) in [5, 5.41) is 9.73. The molecule has 0 saturated carbocycles. The summed E-state index contributed by atoms with van der Waals surface area (Å²) in [6.07, 6.45) is 3.20. The topological polar surface area (TPSA) is 82.7 Å². The van der Waals surface area contributed by atoms with Crippen molar-refractivity contribution >= 4 is 12.1 Å². The van der Waals surface area contributed by atoms with Crippen molar-refractivity contribution in [1.82, 2.24) is 20.9 Å². The Morgan fingerprint density at radius 3 is 2.25 bits per heavy atom. The van der Waals surface area contributed by atoms with Crippen LogP contribution in [0.5, 0.6) is 0 Å². The summed E-state index contributed by atoms with van der Waals surface area (Å²) in [5.41, 5.74) is -0.0154. The van der Waals surface area contributed by atoms with E-state index in [2.05, 4.69) is 43.6 Å². The van der Waals surface area contributed by atoms with E-state index in [0.29, 0.717) is 13.1 Å². The maximum Gasteiger partial charge on any atom is 0.409 e. The molecule has 2 fully saturated rings. The molecule has 2 aliphatic heterocycles. The first-order valence-corrected chi connectivity index (χ1v) is 8.79.